The minimum Gasteiger partial charge on any atom is -0.392 e. The van der Waals surface area contributed by atoms with E-state index in [1.165, 1.54) is 6.42 Å². The number of nitrogens with zero attached hydrogens (tertiary/aromatic N) is 1. The summed E-state index contributed by atoms with van der Waals surface area (Å²) in [4.78, 5) is 3.96. The molecule has 1 aromatic heterocycles. The molecule has 1 aromatic rings. The molecule has 0 saturated heterocycles. The first-order chi connectivity index (χ1) is 6.77. The lowest BCUT2D eigenvalue weighted by Gasteiger charge is -2.27. The Bertz CT molecular complexity index is 314. The van der Waals surface area contributed by atoms with E-state index in [9.17, 15) is 5.11 Å². The van der Waals surface area contributed by atoms with Crippen LogP contribution in [0.1, 0.15) is 37.2 Å². The van der Waals surface area contributed by atoms with Crippen molar-refractivity contribution in [2.45, 2.75) is 37.7 Å². The molecule has 0 amide bonds. The Morgan fingerprint density at radius 3 is 2.86 bits per heavy atom. The molecule has 2 rings (SSSR count). The number of hydrogen-bond donors (Lipinski definition) is 2. The molecular weight excluding hydrogens is 176 g/mol. The van der Waals surface area contributed by atoms with Crippen LogP contribution in [0.4, 0.5) is 5.82 Å². The second-order valence-electron chi connectivity index (χ2n) is 3.97. The summed E-state index contributed by atoms with van der Waals surface area (Å²) in [6.07, 6.45) is 5.82. The highest BCUT2D eigenvalue weighted by atomic mass is 16.3. The van der Waals surface area contributed by atoms with E-state index in [4.69, 9.17) is 5.73 Å². The topological polar surface area (TPSA) is 59.1 Å². The average molecular weight is 192 g/mol. The summed E-state index contributed by atoms with van der Waals surface area (Å²) < 4.78 is 0. The quantitative estimate of drug-likeness (QED) is 0.711. The Hall–Kier alpha value is -1.09. The van der Waals surface area contributed by atoms with Crippen LogP contribution in [0.3, 0.4) is 0 Å². The summed E-state index contributed by atoms with van der Waals surface area (Å²) in [6.45, 7) is 0. The van der Waals surface area contributed by atoms with Gasteiger partial charge in [0.05, 0.1) is 6.10 Å². The van der Waals surface area contributed by atoms with Gasteiger partial charge in [-0.1, -0.05) is 12.8 Å². The molecule has 1 saturated carbocycles. The molecule has 1 aliphatic carbocycles. The maximum Gasteiger partial charge on any atom is 0.123 e. The Labute approximate surface area is 84.0 Å². The van der Waals surface area contributed by atoms with Crippen LogP contribution < -0.4 is 5.73 Å². The number of aromatic nitrogens is 1. The predicted molar refractivity (Wildman–Crippen MR) is 55.9 cm³/mol. The Balaban J connectivity index is 2.20. The van der Waals surface area contributed by atoms with Crippen molar-refractivity contribution in [3.8, 4) is 0 Å². The van der Waals surface area contributed by atoms with E-state index in [2.05, 4.69) is 4.98 Å². The number of pyridine rings is 1. The van der Waals surface area contributed by atoms with Gasteiger partial charge in [-0.15, -0.1) is 0 Å². The van der Waals surface area contributed by atoms with Crippen molar-refractivity contribution >= 4 is 5.82 Å². The summed E-state index contributed by atoms with van der Waals surface area (Å²) in [7, 11) is 0. The summed E-state index contributed by atoms with van der Waals surface area (Å²) >= 11 is 0. The SMILES string of the molecule is Nc1cc([C@H]2CCCC[C@@H]2O)ccn1. The van der Waals surface area contributed by atoms with Gasteiger partial charge in [0.25, 0.3) is 0 Å². The lowest BCUT2D eigenvalue weighted by Crippen LogP contribution is -2.22. The second-order valence-corrected chi connectivity index (χ2v) is 3.97. The van der Waals surface area contributed by atoms with Crippen LogP contribution in [0.15, 0.2) is 18.3 Å². The molecule has 0 radical (unpaired) electrons. The van der Waals surface area contributed by atoms with Gasteiger partial charge in [-0.2, -0.15) is 0 Å². The molecule has 14 heavy (non-hydrogen) atoms. The highest BCUT2D eigenvalue weighted by molar-refractivity contribution is 5.34. The summed E-state index contributed by atoms with van der Waals surface area (Å²) in [5.41, 5.74) is 6.75. The lowest BCUT2D eigenvalue weighted by atomic mass is 9.82. The summed E-state index contributed by atoms with van der Waals surface area (Å²) in [5, 5.41) is 9.85. The maximum absolute atomic E-state index is 9.85. The van der Waals surface area contributed by atoms with Crippen LogP contribution in [-0.4, -0.2) is 16.2 Å². The van der Waals surface area contributed by atoms with E-state index in [1.54, 1.807) is 6.20 Å². The van der Waals surface area contributed by atoms with E-state index in [-0.39, 0.29) is 12.0 Å². The zero-order chi connectivity index (χ0) is 9.97. The molecule has 1 aliphatic rings. The van der Waals surface area contributed by atoms with E-state index < -0.39 is 0 Å². The normalized spacial score (nSPS) is 27.5. The first-order valence-electron chi connectivity index (χ1n) is 5.17. The fourth-order valence-electron chi connectivity index (χ4n) is 2.20. The summed E-state index contributed by atoms with van der Waals surface area (Å²) in [5.74, 6) is 0.800. The third kappa shape index (κ3) is 1.87. The molecule has 1 heterocycles. The van der Waals surface area contributed by atoms with Crippen molar-refractivity contribution in [3.63, 3.8) is 0 Å². The van der Waals surface area contributed by atoms with Crippen LogP contribution in [-0.2, 0) is 0 Å². The molecule has 76 valence electrons. The highest BCUT2D eigenvalue weighted by Crippen LogP contribution is 2.33. The van der Waals surface area contributed by atoms with Crippen LogP contribution in [0.25, 0.3) is 0 Å². The number of hydrogen-bond acceptors (Lipinski definition) is 3. The van der Waals surface area contributed by atoms with Gasteiger partial charge < -0.3 is 10.8 Å². The van der Waals surface area contributed by atoms with Gasteiger partial charge in [0.1, 0.15) is 5.82 Å². The van der Waals surface area contributed by atoms with Crippen LogP contribution >= 0.6 is 0 Å². The first-order valence-corrected chi connectivity index (χ1v) is 5.17. The van der Waals surface area contributed by atoms with Gasteiger partial charge >= 0.3 is 0 Å². The number of aliphatic hydroxyl groups excluding tert-OH is 1. The maximum atomic E-state index is 9.85. The monoisotopic (exact) mass is 192 g/mol. The van der Waals surface area contributed by atoms with E-state index in [0.717, 1.165) is 24.8 Å². The molecular formula is C11H16N2O. The van der Waals surface area contributed by atoms with Gasteiger partial charge in [0, 0.05) is 12.1 Å². The van der Waals surface area contributed by atoms with Gasteiger partial charge in [-0.3, -0.25) is 0 Å². The van der Waals surface area contributed by atoms with Gasteiger partial charge in [0.15, 0.2) is 0 Å². The molecule has 1 fully saturated rings. The average Bonchev–Trinajstić information content (AvgIpc) is 2.18. The molecule has 3 N–H and O–H groups in total. The van der Waals surface area contributed by atoms with Crippen LogP contribution in [0.5, 0.6) is 0 Å². The third-order valence-electron chi connectivity index (χ3n) is 2.96. The highest BCUT2D eigenvalue weighted by Gasteiger charge is 2.24. The lowest BCUT2D eigenvalue weighted by molar-refractivity contribution is 0.106. The molecule has 0 aliphatic heterocycles. The fraction of sp³-hybridized carbons (Fsp3) is 0.545. The standard InChI is InChI=1S/C11H16N2O/c12-11-7-8(5-6-13-11)9-3-1-2-4-10(9)14/h5-7,9-10,14H,1-4H2,(H2,12,13)/t9-,10+/m1/s1. The fourth-order valence-corrected chi connectivity index (χ4v) is 2.20. The molecule has 0 spiro atoms. The van der Waals surface area contributed by atoms with Crippen molar-refractivity contribution in [1.82, 2.24) is 4.98 Å². The first kappa shape index (κ1) is 9.46. The molecule has 0 unspecified atom stereocenters. The third-order valence-corrected chi connectivity index (χ3v) is 2.96. The van der Waals surface area contributed by atoms with E-state index in [1.807, 2.05) is 12.1 Å². The number of aliphatic hydroxyl groups is 1. The smallest absolute Gasteiger partial charge is 0.123 e. The van der Waals surface area contributed by atoms with Crippen molar-refractivity contribution in [2.24, 2.45) is 0 Å². The number of nitrogens with two attached hydrogens (primary N) is 1. The number of nitrogen functional groups attached to an aromatic ring is 1. The van der Waals surface area contributed by atoms with E-state index in [0.29, 0.717) is 5.82 Å². The largest absolute Gasteiger partial charge is 0.392 e. The van der Waals surface area contributed by atoms with Gasteiger partial charge in [-0.05, 0) is 30.5 Å². The Morgan fingerprint density at radius 2 is 2.14 bits per heavy atom. The Kier molecular flexibility index (Phi) is 2.68. The van der Waals surface area contributed by atoms with Crippen LogP contribution in [0.2, 0.25) is 0 Å². The zero-order valence-electron chi connectivity index (χ0n) is 8.19. The molecule has 3 nitrogen and oxygen atoms in total. The summed E-state index contributed by atoms with van der Waals surface area (Å²) in [6, 6.07) is 3.83. The molecule has 0 aromatic carbocycles. The minimum atomic E-state index is -0.203. The van der Waals surface area contributed by atoms with Gasteiger partial charge in [-0.25, -0.2) is 4.98 Å². The Morgan fingerprint density at radius 1 is 1.36 bits per heavy atom. The second kappa shape index (κ2) is 3.96. The number of rotatable bonds is 1. The minimum absolute atomic E-state index is 0.203. The van der Waals surface area contributed by atoms with E-state index >= 15 is 0 Å². The number of anilines is 1. The van der Waals surface area contributed by atoms with Crippen LogP contribution in [0, 0.1) is 0 Å². The molecule has 0 bridgehead atoms. The molecule has 3 heteroatoms. The van der Waals surface area contributed by atoms with Gasteiger partial charge in [0.2, 0.25) is 0 Å². The van der Waals surface area contributed by atoms with Crippen molar-refractivity contribution in [1.29, 1.82) is 0 Å². The molecule has 2 atom stereocenters. The van der Waals surface area contributed by atoms with Crippen molar-refractivity contribution in [3.05, 3.63) is 23.9 Å². The zero-order valence-corrected chi connectivity index (χ0v) is 8.19. The van der Waals surface area contributed by atoms with Crippen molar-refractivity contribution < 1.29 is 5.11 Å². The van der Waals surface area contributed by atoms with Crippen molar-refractivity contribution in [2.75, 3.05) is 5.73 Å². The predicted octanol–water partition coefficient (Wildman–Crippen LogP) is 1.68.